The zero-order valence-electron chi connectivity index (χ0n) is 9.24. The number of halogens is 2. The topological polar surface area (TPSA) is 46.5 Å². The number of aliphatic carboxylic acids is 1. The molecule has 0 aromatic heterocycles. The SMILES string of the molecule is CCC(=CCOc1cc(Br)ccc1Cl)C(=O)O. The Balaban J connectivity index is 2.67. The fraction of sp³-hybridized carbons (Fsp3) is 0.250. The maximum Gasteiger partial charge on any atom is 0.331 e. The molecule has 17 heavy (non-hydrogen) atoms. The molecule has 0 bridgehead atoms. The molecular formula is C12H12BrClO3. The third kappa shape index (κ3) is 4.40. The van der Waals surface area contributed by atoms with Gasteiger partial charge in [0.25, 0.3) is 0 Å². The summed E-state index contributed by atoms with van der Waals surface area (Å²) in [6, 6.07) is 5.25. The zero-order chi connectivity index (χ0) is 12.8. The number of hydrogen-bond acceptors (Lipinski definition) is 2. The minimum absolute atomic E-state index is 0.186. The van der Waals surface area contributed by atoms with Crippen LogP contribution in [-0.4, -0.2) is 17.7 Å². The van der Waals surface area contributed by atoms with E-state index >= 15 is 0 Å². The predicted octanol–water partition coefficient (Wildman–Crippen LogP) is 3.90. The average Bonchev–Trinajstić information content (AvgIpc) is 2.28. The van der Waals surface area contributed by atoms with Crippen LogP contribution in [0.25, 0.3) is 0 Å². The van der Waals surface area contributed by atoms with Gasteiger partial charge in [-0.15, -0.1) is 0 Å². The van der Waals surface area contributed by atoms with Crippen molar-refractivity contribution in [2.24, 2.45) is 0 Å². The Kier molecular flexibility index (Phi) is 5.51. The summed E-state index contributed by atoms with van der Waals surface area (Å²) in [5.41, 5.74) is 0.330. The second-order valence-corrected chi connectivity index (χ2v) is 4.60. The van der Waals surface area contributed by atoms with Crippen molar-refractivity contribution in [3.63, 3.8) is 0 Å². The van der Waals surface area contributed by atoms with Crippen molar-refractivity contribution >= 4 is 33.5 Å². The third-order valence-corrected chi connectivity index (χ3v) is 2.92. The maximum absolute atomic E-state index is 10.7. The number of hydrogen-bond donors (Lipinski definition) is 1. The Morgan fingerprint density at radius 1 is 1.59 bits per heavy atom. The largest absolute Gasteiger partial charge is 0.488 e. The van der Waals surface area contributed by atoms with Crippen LogP contribution in [0.3, 0.4) is 0 Å². The normalized spacial score (nSPS) is 11.4. The first-order valence-electron chi connectivity index (χ1n) is 5.04. The molecule has 0 radical (unpaired) electrons. The van der Waals surface area contributed by atoms with Crippen LogP contribution in [0.4, 0.5) is 0 Å². The van der Waals surface area contributed by atoms with Crippen LogP contribution in [0.15, 0.2) is 34.3 Å². The lowest BCUT2D eigenvalue weighted by molar-refractivity contribution is -0.132. The van der Waals surface area contributed by atoms with Gasteiger partial charge in [-0.25, -0.2) is 4.79 Å². The molecule has 0 aliphatic carbocycles. The van der Waals surface area contributed by atoms with Gasteiger partial charge >= 0.3 is 5.97 Å². The monoisotopic (exact) mass is 318 g/mol. The van der Waals surface area contributed by atoms with Gasteiger partial charge < -0.3 is 9.84 Å². The number of benzene rings is 1. The summed E-state index contributed by atoms with van der Waals surface area (Å²) in [7, 11) is 0. The minimum Gasteiger partial charge on any atom is -0.488 e. The van der Waals surface area contributed by atoms with Gasteiger partial charge in [0.05, 0.1) is 5.02 Å². The van der Waals surface area contributed by atoms with Crippen LogP contribution in [0, 0.1) is 0 Å². The molecule has 0 fully saturated rings. The molecule has 0 unspecified atom stereocenters. The Morgan fingerprint density at radius 2 is 2.29 bits per heavy atom. The Morgan fingerprint density at radius 3 is 2.88 bits per heavy atom. The van der Waals surface area contributed by atoms with Crippen LogP contribution >= 0.6 is 27.5 Å². The van der Waals surface area contributed by atoms with E-state index in [4.69, 9.17) is 21.4 Å². The quantitative estimate of drug-likeness (QED) is 0.837. The van der Waals surface area contributed by atoms with E-state index < -0.39 is 5.97 Å². The highest BCUT2D eigenvalue weighted by atomic mass is 79.9. The molecule has 0 amide bonds. The van der Waals surface area contributed by atoms with Crippen molar-refractivity contribution in [2.45, 2.75) is 13.3 Å². The van der Waals surface area contributed by atoms with Gasteiger partial charge in [-0.05, 0) is 30.7 Å². The van der Waals surface area contributed by atoms with E-state index in [-0.39, 0.29) is 6.61 Å². The Bertz CT molecular complexity index is 443. The molecule has 0 saturated carbocycles. The maximum atomic E-state index is 10.7. The summed E-state index contributed by atoms with van der Waals surface area (Å²) in [6.45, 7) is 1.97. The molecule has 0 saturated heterocycles. The van der Waals surface area contributed by atoms with Crippen molar-refractivity contribution < 1.29 is 14.6 Å². The summed E-state index contributed by atoms with van der Waals surface area (Å²) in [6.07, 6.45) is 2.00. The fourth-order valence-corrected chi connectivity index (χ4v) is 1.71. The van der Waals surface area contributed by atoms with Gasteiger partial charge in [-0.3, -0.25) is 0 Å². The molecule has 1 N–H and O–H groups in total. The molecular weight excluding hydrogens is 307 g/mol. The number of ether oxygens (including phenoxy) is 1. The molecule has 0 aliphatic rings. The first kappa shape index (κ1) is 14.1. The second kappa shape index (κ2) is 6.67. The average molecular weight is 320 g/mol. The highest BCUT2D eigenvalue weighted by molar-refractivity contribution is 9.10. The van der Waals surface area contributed by atoms with E-state index in [2.05, 4.69) is 15.9 Å². The van der Waals surface area contributed by atoms with Crippen molar-refractivity contribution in [2.75, 3.05) is 6.61 Å². The third-order valence-electron chi connectivity index (χ3n) is 2.12. The van der Waals surface area contributed by atoms with Crippen molar-refractivity contribution in [1.82, 2.24) is 0 Å². The van der Waals surface area contributed by atoms with Gasteiger partial charge in [0, 0.05) is 10.0 Å². The fourth-order valence-electron chi connectivity index (χ4n) is 1.20. The van der Waals surface area contributed by atoms with Gasteiger partial charge in [0.2, 0.25) is 0 Å². The molecule has 5 heteroatoms. The zero-order valence-corrected chi connectivity index (χ0v) is 11.6. The van der Waals surface area contributed by atoms with E-state index in [0.717, 1.165) is 4.47 Å². The number of carboxylic acid groups (broad SMARTS) is 1. The molecule has 0 spiro atoms. The van der Waals surface area contributed by atoms with Crippen molar-refractivity contribution in [1.29, 1.82) is 0 Å². The lowest BCUT2D eigenvalue weighted by atomic mass is 10.2. The number of rotatable bonds is 5. The summed E-state index contributed by atoms with van der Waals surface area (Å²) in [5.74, 6) is -0.394. The summed E-state index contributed by atoms with van der Waals surface area (Å²) in [4.78, 5) is 10.7. The first-order valence-corrected chi connectivity index (χ1v) is 6.22. The van der Waals surface area contributed by atoms with Gasteiger partial charge in [0.1, 0.15) is 12.4 Å². The Labute approximate surface area is 113 Å². The van der Waals surface area contributed by atoms with E-state index in [1.165, 1.54) is 0 Å². The van der Waals surface area contributed by atoms with E-state index in [9.17, 15) is 4.79 Å². The van der Waals surface area contributed by atoms with E-state index in [0.29, 0.717) is 22.8 Å². The lowest BCUT2D eigenvalue weighted by Crippen LogP contribution is -2.03. The standard InChI is InChI=1S/C12H12BrClO3/c1-2-8(12(15)16)5-6-17-11-7-9(13)3-4-10(11)14/h3-5,7H,2,6H2,1H3,(H,15,16). The van der Waals surface area contributed by atoms with E-state index in [1.807, 2.05) is 0 Å². The van der Waals surface area contributed by atoms with Crippen LogP contribution < -0.4 is 4.74 Å². The molecule has 1 aromatic carbocycles. The van der Waals surface area contributed by atoms with Crippen LogP contribution in [0.2, 0.25) is 5.02 Å². The summed E-state index contributed by atoms with van der Waals surface area (Å²) in [5, 5.41) is 9.31. The highest BCUT2D eigenvalue weighted by Gasteiger charge is 2.05. The molecule has 1 aromatic rings. The van der Waals surface area contributed by atoms with E-state index in [1.54, 1.807) is 31.2 Å². The minimum atomic E-state index is -0.920. The van der Waals surface area contributed by atoms with Gasteiger partial charge in [-0.2, -0.15) is 0 Å². The molecule has 92 valence electrons. The van der Waals surface area contributed by atoms with Gasteiger partial charge in [0.15, 0.2) is 0 Å². The van der Waals surface area contributed by atoms with Crippen molar-refractivity contribution in [3.05, 3.63) is 39.3 Å². The predicted molar refractivity (Wildman–Crippen MR) is 70.7 cm³/mol. The smallest absolute Gasteiger partial charge is 0.331 e. The molecule has 0 heterocycles. The molecule has 0 aliphatic heterocycles. The van der Waals surface area contributed by atoms with Crippen molar-refractivity contribution in [3.8, 4) is 5.75 Å². The summed E-state index contributed by atoms with van der Waals surface area (Å²) < 4.78 is 6.25. The van der Waals surface area contributed by atoms with Crippen LogP contribution in [0.5, 0.6) is 5.75 Å². The second-order valence-electron chi connectivity index (χ2n) is 3.27. The number of carbonyl (C=O) groups is 1. The first-order chi connectivity index (χ1) is 8.04. The summed E-state index contributed by atoms with van der Waals surface area (Å²) >= 11 is 9.23. The molecule has 3 nitrogen and oxygen atoms in total. The van der Waals surface area contributed by atoms with Crippen LogP contribution in [0.1, 0.15) is 13.3 Å². The van der Waals surface area contributed by atoms with Gasteiger partial charge in [-0.1, -0.05) is 34.5 Å². The molecule has 1 rings (SSSR count). The Hall–Kier alpha value is -1.00. The highest BCUT2D eigenvalue weighted by Crippen LogP contribution is 2.27. The lowest BCUT2D eigenvalue weighted by Gasteiger charge is -2.06. The number of carboxylic acids is 1. The van der Waals surface area contributed by atoms with Crippen LogP contribution in [-0.2, 0) is 4.79 Å². The molecule has 0 atom stereocenters.